The monoisotopic (exact) mass is 441 g/mol. The number of hydrogen-bond donors (Lipinski definition) is 1. The van der Waals surface area contributed by atoms with Crippen LogP contribution in [-0.2, 0) is 0 Å². The highest BCUT2D eigenvalue weighted by atomic mass is 79.9. The van der Waals surface area contributed by atoms with Crippen molar-refractivity contribution in [2.75, 3.05) is 44.2 Å². The highest BCUT2D eigenvalue weighted by Gasteiger charge is 2.16. The molecule has 1 aromatic heterocycles. The smallest absolute Gasteiger partial charge is 0.248 e. The molecular formula is C22H24BrN3O2. The lowest BCUT2D eigenvalue weighted by atomic mass is 10.2. The van der Waals surface area contributed by atoms with E-state index in [4.69, 9.17) is 4.74 Å². The van der Waals surface area contributed by atoms with Crippen LogP contribution in [0.1, 0.15) is 6.42 Å². The van der Waals surface area contributed by atoms with Gasteiger partial charge >= 0.3 is 0 Å². The molecule has 1 fully saturated rings. The van der Waals surface area contributed by atoms with Crippen LogP contribution in [0, 0.1) is 0 Å². The molecule has 4 rings (SSSR count). The second-order valence-electron chi connectivity index (χ2n) is 7.02. The van der Waals surface area contributed by atoms with Crippen molar-refractivity contribution in [2.24, 2.45) is 0 Å². The summed E-state index contributed by atoms with van der Waals surface area (Å²) in [6.45, 7) is 5.99. The Morgan fingerprint density at radius 3 is 2.54 bits per heavy atom. The van der Waals surface area contributed by atoms with E-state index in [2.05, 4.69) is 61.0 Å². The van der Waals surface area contributed by atoms with Crippen LogP contribution in [0.15, 0.2) is 63.9 Å². The second-order valence-corrected chi connectivity index (χ2v) is 7.88. The number of halogens is 1. The van der Waals surface area contributed by atoms with Crippen LogP contribution in [0.3, 0.4) is 0 Å². The molecular weight excluding hydrogens is 418 g/mol. The van der Waals surface area contributed by atoms with Crippen LogP contribution in [0.25, 0.3) is 10.9 Å². The summed E-state index contributed by atoms with van der Waals surface area (Å²) in [4.78, 5) is 19.4. The predicted octanol–water partition coefficient (Wildman–Crippen LogP) is 3.88. The van der Waals surface area contributed by atoms with Gasteiger partial charge in [0, 0.05) is 54.3 Å². The van der Waals surface area contributed by atoms with Gasteiger partial charge in [0.15, 0.2) is 0 Å². The predicted molar refractivity (Wildman–Crippen MR) is 117 cm³/mol. The van der Waals surface area contributed by atoms with Crippen molar-refractivity contribution < 1.29 is 4.74 Å². The third-order valence-electron chi connectivity index (χ3n) is 5.17. The molecule has 6 heteroatoms. The number of aromatic nitrogens is 1. The van der Waals surface area contributed by atoms with E-state index >= 15 is 0 Å². The molecule has 5 nitrogen and oxygen atoms in total. The van der Waals surface area contributed by atoms with Crippen molar-refractivity contribution in [3.8, 4) is 5.75 Å². The van der Waals surface area contributed by atoms with Gasteiger partial charge in [0.1, 0.15) is 5.75 Å². The Kier molecular flexibility index (Phi) is 5.98. The maximum Gasteiger partial charge on any atom is 0.248 e. The van der Waals surface area contributed by atoms with E-state index in [0.717, 1.165) is 60.3 Å². The molecule has 0 aliphatic carbocycles. The Balaban J connectivity index is 1.26. The number of para-hydroxylation sites is 1. The first-order valence-corrected chi connectivity index (χ1v) is 10.5. The number of hydrogen-bond acceptors (Lipinski definition) is 4. The molecule has 3 aromatic rings. The summed E-state index contributed by atoms with van der Waals surface area (Å²) < 4.78 is 6.88. The largest absolute Gasteiger partial charge is 0.493 e. The molecule has 0 atom stereocenters. The minimum absolute atomic E-state index is 0.111. The lowest BCUT2D eigenvalue weighted by Gasteiger charge is -2.36. The third-order valence-corrected chi connectivity index (χ3v) is 5.83. The maximum absolute atomic E-state index is 11.6. The molecule has 0 radical (unpaired) electrons. The lowest BCUT2D eigenvalue weighted by Crippen LogP contribution is -2.46. The number of H-pyrrole nitrogens is 1. The Bertz CT molecular complexity index is 982. The van der Waals surface area contributed by atoms with Crippen molar-refractivity contribution in [3.05, 3.63) is 69.4 Å². The summed E-state index contributed by atoms with van der Waals surface area (Å²) in [5.74, 6) is 0.809. The minimum atomic E-state index is -0.111. The highest BCUT2D eigenvalue weighted by molar-refractivity contribution is 9.10. The number of piperazine rings is 1. The summed E-state index contributed by atoms with van der Waals surface area (Å²) in [6.07, 6.45) is 0.978. The van der Waals surface area contributed by atoms with Crippen molar-refractivity contribution in [1.29, 1.82) is 0 Å². The highest BCUT2D eigenvalue weighted by Crippen LogP contribution is 2.29. The second kappa shape index (κ2) is 8.80. The van der Waals surface area contributed by atoms with E-state index in [1.807, 2.05) is 18.2 Å². The van der Waals surface area contributed by atoms with Crippen molar-refractivity contribution >= 4 is 32.5 Å². The fourth-order valence-electron chi connectivity index (χ4n) is 3.65. The van der Waals surface area contributed by atoms with Gasteiger partial charge in [0.2, 0.25) is 5.56 Å². The Labute approximate surface area is 173 Å². The van der Waals surface area contributed by atoms with Gasteiger partial charge in [-0.05, 0) is 52.7 Å². The van der Waals surface area contributed by atoms with E-state index in [0.29, 0.717) is 6.61 Å². The van der Waals surface area contributed by atoms with Crippen molar-refractivity contribution in [3.63, 3.8) is 0 Å². The van der Waals surface area contributed by atoms with Crippen molar-refractivity contribution in [1.82, 2.24) is 9.88 Å². The molecule has 0 amide bonds. The zero-order valence-electron chi connectivity index (χ0n) is 15.7. The first-order valence-electron chi connectivity index (χ1n) is 9.67. The number of rotatable bonds is 6. The van der Waals surface area contributed by atoms with Crippen LogP contribution >= 0.6 is 15.9 Å². The number of nitrogens with one attached hydrogen (secondary N) is 1. The zero-order chi connectivity index (χ0) is 19.3. The summed E-state index contributed by atoms with van der Waals surface area (Å²) in [5, 5.41) is 0.922. The first kappa shape index (κ1) is 19.0. The average Bonchev–Trinajstić information content (AvgIpc) is 2.74. The van der Waals surface area contributed by atoms with Gasteiger partial charge in [0.05, 0.1) is 12.1 Å². The summed E-state index contributed by atoms with van der Waals surface area (Å²) >= 11 is 3.48. The van der Waals surface area contributed by atoms with Gasteiger partial charge in [-0.3, -0.25) is 9.69 Å². The van der Waals surface area contributed by atoms with Gasteiger partial charge in [-0.25, -0.2) is 0 Å². The van der Waals surface area contributed by atoms with Crippen LogP contribution in [-0.4, -0.2) is 49.2 Å². The molecule has 0 spiro atoms. The summed E-state index contributed by atoms with van der Waals surface area (Å²) in [7, 11) is 0. The summed E-state index contributed by atoms with van der Waals surface area (Å²) in [5.41, 5.74) is 1.98. The minimum Gasteiger partial charge on any atom is -0.493 e. The quantitative estimate of drug-likeness (QED) is 0.589. The van der Waals surface area contributed by atoms with E-state index < -0.39 is 0 Å². The molecule has 28 heavy (non-hydrogen) atoms. The van der Waals surface area contributed by atoms with Gasteiger partial charge in [-0.2, -0.15) is 0 Å². The van der Waals surface area contributed by atoms with Gasteiger partial charge < -0.3 is 14.6 Å². The van der Waals surface area contributed by atoms with E-state index in [9.17, 15) is 4.79 Å². The number of ether oxygens (including phenoxy) is 1. The number of fused-ring (bicyclic) bond motifs is 1. The molecule has 1 aliphatic rings. The molecule has 2 aromatic carbocycles. The Hall–Kier alpha value is -2.31. The van der Waals surface area contributed by atoms with Crippen LogP contribution in [0.5, 0.6) is 5.75 Å². The normalized spacial score (nSPS) is 15.1. The summed E-state index contributed by atoms with van der Waals surface area (Å²) in [6, 6.07) is 17.8. The fourth-order valence-corrected chi connectivity index (χ4v) is 4.10. The number of anilines is 1. The fraction of sp³-hybridized carbons (Fsp3) is 0.318. The Morgan fingerprint density at radius 1 is 0.964 bits per heavy atom. The Morgan fingerprint density at radius 2 is 1.75 bits per heavy atom. The van der Waals surface area contributed by atoms with Gasteiger partial charge in [0.25, 0.3) is 0 Å². The van der Waals surface area contributed by atoms with Gasteiger partial charge in [-0.15, -0.1) is 0 Å². The standard InChI is InChI=1S/C22H24BrN3O2/c23-19-8-9-20(18-7-10-21(27)24-22(18)19)28-16-4-11-25-12-14-26(15-13-25)17-5-2-1-3-6-17/h1-3,5-10H,4,11-16H2,(H,24,27). The SMILES string of the molecule is O=c1ccc2c(OCCCN3CCN(c4ccccc4)CC3)ccc(Br)c2[nH]1. The maximum atomic E-state index is 11.6. The van der Waals surface area contributed by atoms with Crippen molar-refractivity contribution in [2.45, 2.75) is 6.42 Å². The molecule has 0 bridgehead atoms. The molecule has 1 aliphatic heterocycles. The average molecular weight is 442 g/mol. The third kappa shape index (κ3) is 4.39. The molecule has 0 saturated carbocycles. The van der Waals surface area contributed by atoms with E-state index in [1.54, 1.807) is 0 Å². The van der Waals surface area contributed by atoms with Crippen LogP contribution in [0.2, 0.25) is 0 Å². The van der Waals surface area contributed by atoms with Gasteiger partial charge in [-0.1, -0.05) is 18.2 Å². The first-order chi connectivity index (χ1) is 13.7. The molecule has 1 saturated heterocycles. The number of pyridine rings is 1. The number of aromatic amines is 1. The van der Waals surface area contributed by atoms with Crippen LogP contribution in [0.4, 0.5) is 5.69 Å². The lowest BCUT2D eigenvalue weighted by molar-refractivity contribution is 0.225. The van der Waals surface area contributed by atoms with E-state index in [1.165, 1.54) is 11.8 Å². The molecule has 1 N–H and O–H groups in total. The molecule has 146 valence electrons. The number of benzene rings is 2. The zero-order valence-corrected chi connectivity index (χ0v) is 17.3. The topological polar surface area (TPSA) is 48.6 Å². The molecule has 0 unspecified atom stereocenters. The van der Waals surface area contributed by atoms with Crippen LogP contribution < -0.4 is 15.2 Å². The van der Waals surface area contributed by atoms with E-state index in [-0.39, 0.29) is 5.56 Å². The number of nitrogens with zero attached hydrogens (tertiary/aromatic N) is 2. The molecule has 2 heterocycles.